The predicted octanol–water partition coefficient (Wildman–Crippen LogP) is 3.11. The van der Waals surface area contributed by atoms with Crippen LogP contribution in [0.25, 0.3) is 6.08 Å². The Morgan fingerprint density at radius 1 is 1.21 bits per heavy atom. The van der Waals surface area contributed by atoms with E-state index in [4.69, 9.17) is 4.74 Å². The number of rotatable bonds is 6. The summed E-state index contributed by atoms with van der Waals surface area (Å²) in [7, 11) is 0. The van der Waals surface area contributed by atoms with Crippen molar-refractivity contribution in [3.63, 3.8) is 0 Å². The van der Waals surface area contributed by atoms with Gasteiger partial charge in [0.25, 0.3) is 5.56 Å². The summed E-state index contributed by atoms with van der Waals surface area (Å²) in [6.07, 6.45) is 1.62. The first-order chi connectivity index (χ1) is 16.3. The summed E-state index contributed by atoms with van der Waals surface area (Å²) in [6, 6.07) is 11.3. The largest absolute Gasteiger partial charge is 0.508 e. The summed E-state index contributed by atoms with van der Waals surface area (Å²) in [5.41, 5.74) is 1.51. The second-order valence-electron chi connectivity index (χ2n) is 7.34. The van der Waals surface area contributed by atoms with E-state index in [1.54, 1.807) is 44.2 Å². The molecule has 7 nitrogen and oxygen atoms in total. The number of alkyl halides is 2. The van der Waals surface area contributed by atoms with Crippen LogP contribution in [0, 0.1) is 0 Å². The molecule has 1 aromatic heterocycles. The number of halogens is 2. The minimum atomic E-state index is -2.92. The number of phenolic OH excluding ortho intramolecular Hbond substituents is 1. The zero-order valence-corrected chi connectivity index (χ0v) is 19.0. The van der Waals surface area contributed by atoms with Crippen LogP contribution in [0.4, 0.5) is 8.78 Å². The minimum Gasteiger partial charge on any atom is -0.508 e. The Balaban J connectivity index is 1.85. The first-order valence-corrected chi connectivity index (χ1v) is 11.1. The van der Waals surface area contributed by atoms with Crippen LogP contribution in [0.3, 0.4) is 0 Å². The number of ether oxygens (including phenoxy) is 2. The molecule has 1 aliphatic heterocycles. The Morgan fingerprint density at radius 3 is 2.50 bits per heavy atom. The van der Waals surface area contributed by atoms with Crippen molar-refractivity contribution in [3.8, 4) is 11.5 Å². The van der Waals surface area contributed by atoms with E-state index in [9.17, 15) is 23.5 Å². The van der Waals surface area contributed by atoms with Crippen LogP contribution in [0.2, 0.25) is 0 Å². The summed E-state index contributed by atoms with van der Waals surface area (Å²) in [6.45, 7) is 0.605. The molecule has 4 rings (SSSR count). The predicted molar refractivity (Wildman–Crippen MR) is 122 cm³/mol. The molecule has 34 heavy (non-hydrogen) atoms. The third kappa shape index (κ3) is 4.62. The van der Waals surface area contributed by atoms with Crippen molar-refractivity contribution in [1.29, 1.82) is 0 Å². The summed E-state index contributed by atoms with van der Waals surface area (Å²) < 4.78 is 36.1. The molecule has 0 aliphatic carbocycles. The van der Waals surface area contributed by atoms with Gasteiger partial charge < -0.3 is 14.6 Å². The maximum absolute atomic E-state index is 13.4. The number of aromatic hydroxyl groups is 1. The molecule has 2 heterocycles. The van der Waals surface area contributed by atoms with Gasteiger partial charge in [0.1, 0.15) is 11.5 Å². The average molecular weight is 486 g/mol. The van der Waals surface area contributed by atoms with Gasteiger partial charge in [-0.3, -0.25) is 9.36 Å². The number of hydrogen-bond acceptors (Lipinski definition) is 7. The number of carbonyl (C=O) groups excluding carboxylic acids is 1. The van der Waals surface area contributed by atoms with Crippen LogP contribution < -0.4 is 19.6 Å². The van der Waals surface area contributed by atoms with Gasteiger partial charge >= 0.3 is 12.6 Å². The smallest absolute Gasteiger partial charge is 0.387 e. The van der Waals surface area contributed by atoms with Crippen LogP contribution in [-0.4, -0.2) is 28.9 Å². The molecular formula is C24H20F2N2O5S. The average Bonchev–Trinajstić information content (AvgIpc) is 3.09. The molecule has 10 heteroatoms. The van der Waals surface area contributed by atoms with Crippen LogP contribution in [0.15, 0.2) is 69.6 Å². The van der Waals surface area contributed by atoms with E-state index in [-0.39, 0.29) is 29.2 Å². The lowest BCUT2D eigenvalue weighted by Gasteiger charge is -2.24. The summed E-state index contributed by atoms with van der Waals surface area (Å²) in [5.74, 6) is -0.518. The fourth-order valence-corrected chi connectivity index (χ4v) is 4.71. The molecule has 1 N–H and O–H groups in total. The monoisotopic (exact) mass is 486 g/mol. The van der Waals surface area contributed by atoms with Crippen molar-refractivity contribution in [2.75, 3.05) is 6.61 Å². The fraction of sp³-hybridized carbons (Fsp3) is 0.208. The number of nitrogens with zero attached hydrogens (tertiary/aromatic N) is 2. The van der Waals surface area contributed by atoms with E-state index in [0.29, 0.717) is 26.2 Å². The van der Waals surface area contributed by atoms with E-state index in [1.807, 2.05) is 0 Å². The van der Waals surface area contributed by atoms with Crippen molar-refractivity contribution in [3.05, 3.63) is 90.6 Å². The minimum absolute atomic E-state index is 0.00985. The normalized spacial score (nSPS) is 15.8. The highest BCUT2D eigenvalue weighted by Gasteiger charge is 2.33. The highest BCUT2D eigenvalue weighted by molar-refractivity contribution is 7.07. The van der Waals surface area contributed by atoms with Crippen molar-refractivity contribution in [2.24, 2.45) is 4.99 Å². The molecule has 0 fully saturated rings. The highest BCUT2D eigenvalue weighted by atomic mass is 32.1. The van der Waals surface area contributed by atoms with Gasteiger partial charge in [-0.2, -0.15) is 8.78 Å². The SMILES string of the molecule is CCOC(=O)C1=C(C)N=c2s/c(=C\c3ccc(OC(F)F)cc3)c(=O)n2[C@@H]1c1ccc(O)cc1. The van der Waals surface area contributed by atoms with E-state index in [2.05, 4.69) is 9.73 Å². The summed E-state index contributed by atoms with van der Waals surface area (Å²) in [5, 5.41) is 9.71. The van der Waals surface area contributed by atoms with Crippen LogP contribution in [-0.2, 0) is 9.53 Å². The quantitative estimate of drug-likeness (QED) is 0.541. The topological polar surface area (TPSA) is 90.1 Å². The van der Waals surface area contributed by atoms with E-state index in [1.165, 1.54) is 28.8 Å². The van der Waals surface area contributed by atoms with Gasteiger partial charge in [0.05, 0.1) is 28.5 Å². The fourth-order valence-electron chi connectivity index (χ4n) is 3.66. The Hall–Kier alpha value is -3.79. The van der Waals surface area contributed by atoms with Crippen LogP contribution >= 0.6 is 11.3 Å². The molecule has 0 saturated carbocycles. The second-order valence-corrected chi connectivity index (χ2v) is 8.35. The molecule has 0 spiro atoms. The van der Waals surface area contributed by atoms with E-state index in [0.717, 1.165) is 11.3 Å². The number of thiazole rings is 1. The number of carbonyl (C=O) groups is 1. The Labute approximate surface area is 196 Å². The van der Waals surface area contributed by atoms with Gasteiger partial charge in [-0.15, -0.1) is 0 Å². The number of fused-ring (bicyclic) bond motifs is 1. The van der Waals surface area contributed by atoms with Gasteiger partial charge in [0, 0.05) is 0 Å². The van der Waals surface area contributed by atoms with Crippen LogP contribution in [0.1, 0.15) is 31.0 Å². The maximum Gasteiger partial charge on any atom is 0.387 e. The molecule has 0 bridgehead atoms. The number of benzene rings is 2. The number of hydrogen-bond donors (Lipinski definition) is 1. The Morgan fingerprint density at radius 2 is 1.88 bits per heavy atom. The lowest BCUT2D eigenvalue weighted by atomic mass is 9.96. The summed E-state index contributed by atoms with van der Waals surface area (Å²) >= 11 is 1.15. The van der Waals surface area contributed by atoms with Crippen LogP contribution in [0.5, 0.6) is 11.5 Å². The van der Waals surface area contributed by atoms with Crippen molar-refractivity contribution in [2.45, 2.75) is 26.5 Å². The van der Waals surface area contributed by atoms with Gasteiger partial charge in [0.2, 0.25) is 0 Å². The number of allylic oxidation sites excluding steroid dienone is 1. The first-order valence-electron chi connectivity index (χ1n) is 10.3. The first kappa shape index (κ1) is 23.4. The number of aromatic nitrogens is 1. The van der Waals surface area contributed by atoms with E-state index >= 15 is 0 Å². The lowest BCUT2D eigenvalue weighted by Crippen LogP contribution is -2.39. The molecule has 0 radical (unpaired) electrons. The molecule has 0 saturated heterocycles. The van der Waals surface area contributed by atoms with Gasteiger partial charge in [-0.1, -0.05) is 35.6 Å². The Bertz CT molecular complexity index is 1420. The molecule has 1 atom stereocenters. The van der Waals surface area contributed by atoms with Gasteiger partial charge in [-0.05, 0) is 55.3 Å². The van der Waals surface area contributed by atoms with Gasteiger partial charge in [-0.25, -0.2) is 9.79 Å². The van der Waals surface area contributed by atoms with Crippen molar-refractivity contribution < 1.29 is 28.2 Å². The molecular weight excluding hydrogens is 466 g/mol. The Kier molecular flexibility index (Phi) is 6.60. The van der Waals surface area contributed by atoms with E-state index < -0.39 is 18.6 Å². The van der Waals surface area contributed by atoms with Crippen molar-refractivity contribution >= 4 is 23.4 Å². The number of esters is 1. The van der Waals surface area contributed by atoms with Crippen molar-refractivity contribution in [1.82, 2.24) is 4.57 Å². The lowest BCUT2D eigenvalue weighted by molar-refractivity contribution is -0.139. The molecule has 1 aliphatic rings. The summed E-state index contributed by atoms with van der Waals surface area (Å²) in [4.78, 5) is 31.1. The standard InChI is InChI=1S/C24H20F2N2O5S/c1-3-32-22(31)19-13(2)27-24-28(20(19)15-6-8-16(29)9-7-15)21(30)18(34-24)12-14-4-10-17(11-5-14)33-23(25)26/h4-12,20,23,29H,3H2,1-2H3/b18-12-/t20-/m1/s1. The highest BCUT2D eigenvalue weighted by Crippen LogP contribution is 2.31. The molecule has 0 unspecified atom stereocenters. The zero-order valence-electron chi connectivity index (χ0n) is 18.2. The maximum atomic E-state index is 13.4. The number of phenols is 1. The molecule has 0 amide bonds. The molecule has 176 valence electrons. The third-order valence-corrected chi connectivity index (χ3v) is 6.11. The zero-order chi connectivity index (χ0) is 24.4. The molecule has 2 aromatic carbocycles. The molecule has 3 aromatic rings. The van der Waals surface area contributed by atoms with Gasteiger partial charge in [0.15, 0.2) is 4.80 Å². The second kappa shape index (κ2) is 9.60. The third-order valence-electron chi connectivity index (χ3n) is 5.13.